The number of nitrogens with zero attached hydrogens (tertiary/aromatic N) is 4. The van der Waals surface area contributed by atoms with E-state index < -0.39 is 0 Å². The monoisotopic (exact) mass is 329 g/mol. The van der Waals surface area contributed by atoms with E-state index >= 15 is 0 Å². The molecule has 3 aromatic heterocycles. The van der Waals surface area contributed by atoms with E-state index in [-0.39, 0.29) is 6.10 Å². The molecule has 0 atom stereocenters. The van der Waals surface area contributed by atoms with Crippen LogP contribution in [0.5, 0.6) is 0 Å². The van der Waals surface area contributed by atoms with Gasteiger partial charge in [0.05, 0.1) is 29.1 Å². The largest absolute Gasteiger partial charge is 0.393 e. The molecule has 120 valence electrons. The molecule has 1 saturated heterocycles. The topological polar surface area (TPSA) is 77.9 Å². The minimum atomic E-state index is -0.146. The fourth-order valence-corrected chi connectivity index (χ4v) is 4.00. The molecule has 6 nitrogen and oxygen atoms in total. The Bertz CT molecular complexity index is 819. The summed E-state index contributed by atoms with van der Waals surface area (Å²) < 4.78 is 1.10. The van der Waals surface area contributed by atoms with Crippen molar-refractivity contribution < 1.29 is 5.11 Å². The third-order valence-electron chi connectivity index (χ3n) is 4.34. The highest BCUT2D eigenvalue weighted by atomic mass is 32.1. The van der Waals surface area contributed by atoms with Gasteiger partial charge in [0.2, 0.25) is 0 Å². The van der Waals surface area contributed by atoms with Gasteiger partial charge in [0.25, 0.3) is 0 Å². The first-order valence-corrected chi connectivity index (χ1v) is 8.67. The zero-order chi connectivity index (χ0) is 15.8. The molecule has 0 aromatic carbocycles. The molecule has 1 aliphatic rings. The van der Waals surface area contributed by atoms with Crippen molar-refractivity contribution in [3.05, 3.63) is 30.0 Å². The minimum Gasteiger partial charge on any atom is -0.393 e. The van der Waals surface area contributed by atoms with Crippen molar-refractivity contribution in [2.45, 2.75) is 32.4 Å². The van der Waals surface area contributed by atoms with Gasteiger partial charge in [-0.05, 0) is 25.8 Å². The second-order valence-electron chi connectivity index (χ2n) is 6.06. The number of aliphatic hydroxyl groups is 1. The molecule has 4 heterocycles. The maximum Gasteiger partial charge on any atom is 0.143 e. The van der Waals surface area contributed by atoms with Crippen molar-refractivity contribution in [2.75, 3.05) is 13.1 Å². The number of aliphatic hydroxyl groups excluding tert-OH is 1. The predicted molar refractivity (Wildman–Crippen MR) is 90.3 cm³/mol. The molecule has 1 aliphatic heterocycles. The number of nitrogens with one attached hydrogen (secondary N) is 1. The summed E-state index contributed by atoms with van der Waals surface area (Å²) in [4.78, 5) is 12.7. The molecular weight excluding hydrogens is 310 g/mol. The molecular formula is C16H19N5OS. The van der Waals surface area contributed by atoms with Gasteiger partial charge in [0.1, 0.15) is 5.82 Å². The number of aromatic amines is 1. The van der Waals surface area contributed by atoms with Crippen LogP contribution >= 0.6 is 11.3 Å². The number of thiophene rings is 1. The van der Waals surface area contributed by atoms with Gasteiger partial charge in [0.15, 0.2) is 0 Å². The van der Waals surface area contributed by atoms with Crippen LogP contribution in [0.1, 0.15) is 24.4 Å². The Morgan fingerprint density at radius 1 is 1.35 bits per heavy atom. The van der Waals surface area contributed by atoms with Crippen LogP contribution in [0.25, 0.3) is 20.7 Å². The normalized spacial score (nSPS) is 17.1. The fraction of sp³-hybridized carbons (Fsp3) is 0.438. The minimum absolute atomic E-state index is 0.146. The molecule has 4 rings (SSSR count). The summed E-state index contributed by atoms with van der Waals surface area (Å²) >= 11 is 1.69. The lowest BCUT2D eigenvalue weighted by molar-refractivity contribution is 0.0781. The van der Waals surface area contributed by atoms with E-state index in [9.17, 15) is 5.11 Å². The molecule has 0 spiro atoms. The lowest BCUT2D eigenvalue weighted by Gasteiger charge is -2.28. The average molecular weight is 329 g/mol. The molecule has 0 aliphatic carbocycles. The fourth-order valence-electron chi connectivity index (χ4n) is 2.96. The van der Waals surface area contributed by atoms with E-state index in [1.807, 2.05) is 19.3 Å². The second-order valence-corrected chi connectivity index (χ2v) is 7.15. The van der Waals surface area contributed by atoms with Crippen LogP contribution in [-0.2, 0) is 6.54 Å². The summed E-state index contributed by atoms with van der Waals surface area (Å²) in [7, 11) is 0. The molecule has 0 bridgehead atoms. The Labute approximate surface area is 138 Å². The number of hydrogen-bond donors (Lipinski definition) is 2. The van der Waals surface area contributed by atoms with Crippen LogP contribution in [0.4, 0.5) is 0 Å². The quantitative estimate of drug-likeness (QED) is 0.771. The lowest BCUT2D eigenvalue weighted by Crippen LogP contribution is -2.35. The van der Waals surface area contributed by atoms with Crippen molar-refractivity contribution >= 4 is 21.6 Å². The van der Waals surface area contributed by atoms with Crippen molar-refractivity contribution in [2.24, 2.45) is 0 Å². The first-order chi connectivity index (χ1) is 11.2. The van der Waals surface area contributed by atoms with E-state index in [4.69, 9.17) is 4.98 Å². The van der Waals surface area contributed by atoms with Crippen molar-refractivity contribution in [1.29, 1.82) is 0 Å². The Hall–Kier alpha value is -1.83. The Kier molecular flexibility index (Phi) is 3.84. The molecule has 0 unspecified atom stereocenters. The highest BCUT2D eigenvalue weighted by Gasteiger charge is 2.18. The van der Waals surface area contributed by atoms with Crippen LogP contribution in [-0.4, -0.2) is 49.4 Å². The number of fused-ring (bicyclic) bond motifs is 1. The maximum atomic E-state index is 9.59. The van der Waals surface area contributed by atoms with Gasteiger partial charge < -0.3 is 5.11 Å². The summed E-state index contributed by atoms with van der Waals surface area (Å²) in [6.07, 6.45) is 5.30. The summed E-state index contributed by atoms with van der Waals surface area (Å²) in [5.74, 6) is 0.849. The first-order valence-electron chi connectivity index (χ1n) is 7.85. The van der Waals surface area contributed by atoms with Crippen LogP contribution in [0.15, 0.2) is 18.5 Å². The van der Waals surface area contributed by atoms with Crippen LogP contribution in [0.2, 0.25) is 0 Å². The van der Waals surface area contributed by atoms with Crippen molar-refractivity contribution in [3.8, 4) is 10.4 Å². The van der Waals surface area contributed by atoms with E-state index in [0.29, 0.717) is 0 Å². The van der Waals surface area contributed by atoms with Crippen LogP contribution in [0, 0.1) is 6.92 Å². The summed E-state index contributed by atoms with van der Waals surface area (Å²) in [5.41, 5.74) is 3.18. The zero-order valence-electron chi connectivity index (χ0n) is 13.0. The van der Waals surface area contributed by atoms with Gasteiger partial charge in [-0.15, -0.1) is 11.3 Å². The third-order valence-corrected chi connectivity index (χ3v) is 5.43. The number of hydrogen-bond acceptors (Lipinski definition) is 6. The molecule has 23 heavy (non-hydrogen) atoms. The van der Waals surface area contributed by atoms with Crippen LogP contribution < -0.4 is 0 Å². The Morgan fingerprint density at radius 3 is 2.91 bits per heavy atom. The zero-order valence-corrected chi connectivity index (χ0v) is 13.8. The van der Waals surface area contributed by atoms with Crippen molar-refractivity contribution in [3.63, 3.8) is 0 Å². The van der Waals surface area contributed by atoms with Crippen molar-refractivity contribution in [1.82, 2.24) is 25.1 Å². The van der Waals surface area contributed by atoms with E-state index in [0.717, 1.165) is 59.8 Å². The van der Waals surface area contributed by atoms with Gasteiger partial charge in [-0.1, -0.05) is 0 Å². The first kappa shape index (κ1) is 14.7. The number of H-pyrrole nitrogens is 1. The van der Waals surface area contributed by atoms with Gasteiger partial charge >= 0.3 is 0 Å². The highest BCUT2D eigenvalue weighted by Crippen LogP contribution is 2.33. The summed E-state index contributed by atoms with van der Waals surface area (Å²) in [6.45, 7) is 4.59. The maximum absolute atomic E-state index is 9.59. The van der Waals surface area contributed by atoms with Gasteiger partial charge in [-0.25, -0.2) is 9.97 Å². The molecule has 7 heteroatoms. The lowest BCUT2D eigenvalue weighted by atomic mass is 10.1. The molecule has 2 N–H and O–H groups in total. The smallest absolute Gasteiger partial charge is 0.143 e. The number of rotatable bonds is 3. The molecule has 0 amide bonds. The van der Waals surface area contributed by atoms with Gasteiger partial charge in [-0.2, -0.15) is 5.10 Å². The van der Waals surface area contributed by atoms with Crippen LogP contribution in [0.3, 0.4) is 0 Å². The summed E-state index contributed by atoms with van der Waals surface area (Å²) in [6, 6.07) is 2.11. The summed E-state index contributed by atoms with van der Waals surface area (Å²) in [5, 5.41) is 16.6. The number of aromatic nitrogens is 4. The molecule has 3 aromatic rings. The average Bonchev–Trinajstić information content (AvgIpc) is 3.14. The predicted octanol–water partition coefficient (Wildman–Crippen LogP) is 2.35. The van der Waals surface area contributed by atoms with Gasteiger partial charge in [0, 0.05) is 35.4 Å². The SMILES string of the molecule is Cc1[nH]ncc1-c1cc2nc(CN3CCC(O)CC3)ncc2s1. The standard InChI is InChI=1S/C16H19N5OS/c1-10-12(7-18-20-10)14-6-13-15(23-14)8-17-16(19-13)9-21-4-2-11(22)3-5-21/h6-8,11,22H,2-5,9H2,1H3,(H,18,20). The van der Waals surface area contributed by atoms with E-state index in [1.54, 1.807) is 11.3 Å². The Balaban J connectivity index is 1.57. The second kappa shape index (κ2) is 5.99. The number of likely N-dealkylation sites (tertiary alicyclic amines) is 1. The Morgan fingerprint density at radius 2 is 2.17 bits per heavy atom. The highest BCUT2D eigenvalue weighted by molar-refractivity contribution is 7.22. The number of piperidine rings is 1. The third kappa shape index (κ3) is 2.99. The van der Waals surface area contributed by atoms with Gasteiger partial charge in [-0.3, -0.25) is 10.00 Å². The molecule has 0 saturated carbocycles. The number of aryl methyl sites for hydroxylation is 1. The van der Waals surface area contributed by atoms with E-state index in [2.05, 4.69) is 26.1 Å². The van der Waals surface area contributed by atoms with E-state index in [1.165, 1.54) is 4.88 Å². The molecule has 0 radical (unpaired) electrons. The molecule has 1 fully saturated rings.